The maximum atomic E-state index is 5.96. The minimum absolute atomic E-state index is 0.288. The molecule has 0 spiro atoms. The average Bonchev–Trinajstić information content (AvgIpc) is 2.29. The van der Waals surface area contributed by atoms with Crippen LogP contribution >= 0.6 is 0 Å². The van der Waals surface area contributed by atoms with Gasteiger partial charge in [-0.2, -0.15) is 0 Å². The Labute approximate surface area is 91.4 Å². The van der Waals surface area contributed by atoms with Crippen LogP contribution in [0.2, 0.25) is 0 Å². The van der Waals surface area contributed by atoms with Gasteiger partial charge in [0.15, 0.2) is 0 Å². The Kier molecular flexibility index (Phi) is 3.39. The Morgan fingerprint density at radius 3 is 2.73 bits per heavy atom. The van der Waals surface area contributed by atoms with Gasteiger partial charge in [-0.15, -0.1) is 0 Å². The maximum Gasteiger partial charge on any atom is 0.0655 e. The molecule has 3 atom stereocenters. The molecule has 1 heterocycles. The van der Waals surface area contributed by atoms with Crippen LogP contribution < -0.4 is 5.73 Å². The summed E-state index contributed by atoms with van der Waals surface area (Å²) in [6.45, 7) is 3.03. The molecule has 2 rings (SSSR count). The molecule has 0 bridgehead atoms. The van der Waals surface area contributed by atoms with Crippen molar-refractivity contribution in [2.24, 2.45) is 5.73 Å². The van der Waals surface area contributed by atoms with Crippen LogP contribution in [0.1, 0.15) is 31.2 Å². The molecule has 2 N–H and O–H groups in total. The molecule has 1 aliphatic heterocycles. The van der Waals surface area contributed by atoms with Crippen LogP contribution in [0.4, 0.5) is 0 Å². The van der Waals surface area contributed by atoms with E-state index in [-0.39, 0.29) is 6.10 Å². The molecule has 0 aliphatic carbocycles. The Balaban J connectivity index is 2.04. The monoisotopic (exact) mass is 205 g/mol. The summed E-state index contributed by atoms with van der Waals surface area (Å²) in [6.07, 6.45) is 2.27. The summed E-state index contributed by atoms with van der Waals surface area (Å²) in [5.41, 5.74) is 7.31. The zero-order valence-corrected chi connectivity index (χ0v) is 9.23. The predicted molar refractivity (Wildman–Crippen MR) is 61.8 cm³/mol. The molecule has 1 aromatic rings. The molecule has 2 nitrogen and oxygen atoms in total. The SMILES string of the molecule is CC(c1ccccc1)C1CC(N)CCO1. The highest BCUT2D eigenvalue weighted by Gasteiger charge is 2.25. The molecular formula is C13H19NO. The van der Waals surface area contributed by atoms with Gasteiger partial charge in [0.2, 0.25) is 0 Å². The fourth-order valence-corrected chi connectivity index (χ4v) is 2.17. The van der Waals surface area contributed by atoms with Crippen LogP contribution in [0.25, 0.3) is 0 Å². The summed E-state index contributed by atoms with van der Waals surface area (Å²) in [4.78, 5) is 0. The largest absolute Gasteiger partial charge is 0.377 e. The zero-order valence-electron chi connectivity index (χ0n) is 9.23. The van der Waals surface area contributed by atoms with Gasteiger partial charge in [0.1, 0.15) is 0 Å². The highest BCUT2D eigenvalue weighted by Crippen LogP contribution is 2.27. The quantitative estimate of drug-likeness (QED) is 0.804. The molecule has 1 fully saturated rings. The van der Waals surface area contributed by atoms with Gasteiger partial charge < -0.3 is 10.5 Å². The van der Waals surface area contributed by atoms with Gasteiger partial charge in [0.05, 0.1) is 6.10 Å². The Hall–Kier alpha value is -0.860. The molecule has 2 heteroatoms. The van der Waals surface area contributed by atoms with Crippen molar-refractivity contribution in [3.8, 4) is 0 Å². The highest BCUT2D eigenvalue weighted by atomic mass is 16.5. The summed E-state index contributed by atoms with van der Waals surface area (Å²) >= 11 is 0. The van der Waals surface area contributed by atoms with E-state index in [9.17, 15) is 0 Å². The number of nitrogens with two attached hydrogens (primary N) is 1. The lowest BCUT2D eigenvalue weighted by Crippen LogP contribution is -2.37. The third-order valence-corrected chi connectivity index (χ3v) is 3.24. The van der Waals surface area contributed by atoms with E-state index in [4.69, 9.17) is 10.5 Å². The van der Waals surface area contributed by atoms with E-state index in [2.05, 4.69) is 31.2 Å². The van der Waals surface area contributed by atoms with Crippen molar-refractivity contribution in [2.45, 2.75) is 37.8 Å². The standard InChI is InChI=1S/C13H19NO/c1-10(11-5-3-2-4-6-11)13-9-12(14)7-8-15-13/h2-6,10,12-13H,7-9,14H2,1H3. The zero-order chi connectivity index (χ0) is 10.7. The third-order valence-electron chi connectivity index (χ3n) is 3.24. The second-order valence-corrected chi connectivity index (χ2v) is 4.39. The average molecular weight is 205 g/mol. The Bertz CT molecular complexity index is 299. The second kappa shape index (κ2) is 4.77. The number of benzene rings is 1. The smallest absolute Gasteiger partial charge is 0.0655 e. The number of ether oxygens (including phenoxy) is 1. The lowest BCUT2D eigenvalue weighted by molar-refractivity contribution is -0.00526. The lowest BCUT2D eigenvalue weighted by atomic mass is 9.89. The van der Waals surface area contributed by atoms with Crippen molar-refractivity contribution >= 4 is 0 Å². The first-order valence-electron chi connectivity index (χ1n) is 5.69. The molecule has 82 valence electrons. The van der Waals surface area contributed by atoms with Gasteiger partial charge in [-0.05, 0) is 18.4 Å². The highest BCUT2D eigenvalue weighted by molar-refractivity contribution is 5.20. The molecule has 0 radical (unpaired) electrons. The van der Waals surface area contributed by atoms with Crippen LogP contribution in [0.5, 0.6) is 0 Å². The molecule has 1 aliphatic rings. The van der Waals surface area contributed by atoms with E-state index in [1.807, 2.05) is 6.07 Å². The predicted octanol–water partition coefficient (Wildman–Crippen LogP) is 2.30. The van der Waals surface area contributed by atoms with Crippen molar-refractivity contribution < 1.29 is 4.74 Å². The lowest BCUT2D eigenvalue weighted by Gasteiger charge is -2.31. The van der Waals surface area contributed by atoms with Gasteiger partial charge in [0, 0.05) is 18.6 Å². The van der Waals surface area contributed by atoms with Crippen LogP contribution in [-0.2, 0) is 4.74 Å². The Morgan fingerprint density at radius 2 is 2.07 bits per heavy atom. The molecule has 1 aromatic carbocycles. The summed E-state index contributed by atoms with van der Waals surface area (Å²) in [7, 11) is 0. The maximum absolute atomic E-state index is 5.96. The minimum atomic E-state index is 0.288. The van der Waals surface area contributed by atoms with Gasteiger partial charge in [0.25, 0.3) is 0 Å². The van der Waals surface area contributed by atoms with Crippen molar-refractivity contribution in [1.29, 1.82) is 0 Å². The topological polar surface area (TPSA) is 35.2 Å². The number of rotatable bonds is 2. The third kappa shape index (κ3) is 2.58. The van der Waals surface area contributed by atoms with Crippen LogP contribution in [0, 0.1) is 0 Å². The molecule has 0 amide bonds. The van der Waals surface area contributed by atoms with Crippen LogP contribution in [-0.4, -0.2) is 18.8 Å². The van der Waals surface area contributed by atoms with E-state index in [0.29, 0.717) is 12.0 Å². The fraction of sp³-hybridized carbons (Fsp3) is 0.538. The summed E-state index contributed by atoms with van der Waals surface area (Å²) < 4.78 is 5.78. The van der Waals surface area contributed by atoms with Gasteiger partial charge in [-0.1, -0.05) is 37.3 Å². The van der Waals surface area contributed by atoms with E-state index in [1.54, 1.807) is 0 Å². The van der Waals surface area contributed by atoms with E-state index >= 15 is 0 Å². The first-order chi connectivity index (χ1) is 7.27. The number of hydrogen-bond acceptors (Lipinski definition) is 2. The first kappa shape index (κ1) is 10.7. The molecule has 0 aromatic heterocycles. The molecule has 0 saturated carbocycles. The Morgan fingerprint density at radius 1 is 1.33 bits per heavy atom. The minimum Gasteiger partial charge on any atom is -0.377 e. The van der Waals surface area contributed by atoms with Crippen molar-refractivity contribution in [2.75, 3.05) is 6.61 Å². The van der Waals surface area contributed by atoms with Crippen LogP contribution in [0.15, 0.2) is 30.3 Å². The van der Waals surface area contributed by atoms with Crippen molar-refractivity contribution in [3.05, 3.63) is 35.9 Å². The van der Waals surface area contributed by atoms with Gasteiger partial charge in [-0.25, -0.2) is 0 Å². The summed E-state index contributed by atoms with van der Waals surface area (Å²) in [5, 5.41) is 0. The second-order valence-electron chi connectivity index (χ2n) is 4.39. The molecule has 3 unspecified atom stereocenters. The van der Waals surface area contributed by atoms with Gasteiger partial charge in [-0.3, -0.25) is 0 Å². The molecule has 1 saturated heterocycles. The fourth-order valence-electron chi connectivity index (χ4n) is 2.17. The van der Waals surface area contributed by atoms with Gasteiger partial charge >= 0.3 is 0 Å². The summed E-state index contributed by atoms with van der Waals surface area (Å²) in [5.74, 6) is 0.442. The normalized spacial score (nSPS) is 28.7. The molecule has 15 heavy (non-hydrogen) atoms. The van der Waals surface area contributed by atoms with E-state index in [1.165, 1.54) is 5.56 Å². The first-order valence-corrected chi connectivity index (χ1v) is 5.69. The van der Waals surface area contributed by atoms with Crippen molar-refractivity contribution in [1.82, 2.24) is 0 Å². The van der Waals surface area contributed by atoms with Crippen LogP contribution in [0.3, 0.4) is 0 Å². The number of hydrogen-bond donors (Lipinski definition) is 1. The summed E-state index contributed by atoms with van der Waals surface area (Å²) in [6, 6.07) is 10.8. The van der Waals surface area contributed by atoms with Crippen molar-refractivity contribution in [3.63, 3.8) is 0 Å². The van der Waals surface area contributed by atoms with E-state index < -0.39 is 0 Å². The van der Waals surface area contributed by atoms with E-state index in [0.717, 1.165) is 19.4 Å². The molecular weight excluding hydrogens is 186 g/mol.